The van der Waals surface area contributed by atoms with Gasteiger partial charge >= 0.3 is 0 Å². The first kappa shape index (κ1) is 69.1. The molecule has 0 aliphatic heterocycles. The molecule has 1 aromatic rings. The lowest BCUT2D eigenvalue weighted by Gasteiger charge is -2.33. The minimum absolute atomic E-state index is 0.0372. The number of benzene rings is 1. The van der Waals surface area contributed by atoms with Crippen LogP contribution in [0.5, 0.6) is 0 Å². The molecule has 0 saturated heterocycles. The van der Waals surface area contributed by atoms with Crippen LogP contribution in [0.1, 0.15) is 340 Å². The van der Waals surface area contributed by atoms with Gasteiger partial charge in [-0.2, -0.15) is 0 Å². The minimum Gasteiger partial charge on any atom is -0.489 e. The molecule has 0 saturated carbocycles. The fourth-order valence-corrected chi connectivity index (χ4v) is 11.7. The second-order valence-corrected chi connectivity index (χ2v) is 24.4. The summed E-state index contributed by atoms with van der Waals surface area (Å²) < 4.78 is 26.4. The van der Waals surface area contributed by atoms with Crippen LogP contribution in [-0.4, -0.2) is 52.0 Å². The fourth-order valence-electron chi connectivity index (χ4n) is 11.7. The van der Waals surface area contributed by atoms with E-state index in [0.717, 1.165) is 61.4 Å². The maximum atomic E-state index is 14.0. The summed E-state index contributed by atoms with van der Waals surface area (Å²) in [5.74, 6) is 0.371. The zero-order valence-corrected chi connectivity index (χ0v) is 51.5. The lowest BCUT2D eigenvalue weighted by atomic mass is 9.91. The van der Waals surface area contributed by atoms with E-state index < -0.39 is 5.41 Å². The highest BCUT2D eigenvalue weighted by atomic mass is 16.5. The highest BCUT2D eigenvalue weighted by molar-refractivity contribution is 6.25. The molecule has 5 heteroatoms. The van der Waals surface area contributed by atoms with Gasteiger partial charge in [0.2, 0.25) is 5.78 Å². The highest BCUT2D eigenvalue weighted by Gasteiger charge is 2.36. The smallest absolute Gasteiger partial charge is 0.228 e. The van der Waals surface area contributed by atoms with Crippen molar-refractivity contribution in [3.05, 3.63) is 58.9 Å². The van der Waals surface area contributed by atoms with Gasteiger partial charge in [-0.05, 0) is 54.2 Å². The standard InChI is InChI=1S/C72H126O5/c1-4-7-10-13-16-19-22-25-28-31-34-37-40-43-46-51-58-74-62-72(65-77-70-57-56-68-67-55-50-49-54-66(67)61-69(68)71(70)73,63-75-59-52-47-44-41-38-35-32-29-26-23-20-17-14-11-8-5-2)64-76-60-53-48-45-42-39-36-33-30-27-24-21-18-15-12-9-6-3/h49-50,54-57,61H,4-48,51-53,58-60,62-65H2,1-3H3. The number of carbonyl (C=O) groups is 1. The van der Waals surface area contributed by atoms with Gasteiger partial charge in [-0.1, -0.05) is 334 Å². The first-order valence-electron chi connectivity index (χ1n) is 34.3. The van der Waals surface area contributed by atoms with Gasteiger partial charge in [0.15, 0.2) is 5.76 Å². The number of hydrogen-bond donors (Lipinski definition) is 0. The van der Waals surface area contributed by atoms with Gasteiger partial charge in [0.1, 0.15) is 6.61 Å². The Morgan fingerprint density at radius 1 is 0.325 bits per heavy atom. The number of fused-ring (bicyclic) bond motifs is 3. The van der Waals surface area contributed by atoms with Crippen molar-refractivity contribution in [2.75, 3.05) is 46.2 Å². The van der Waals surface area contributed by atoms with Crippen LogP contribution in [0.4, 0.5) is 0 Å². The third-order valence-corrected chi connectivity index (χ3v) is 16.9. The summed E-state index contributed by atoms with van der Waals surface area (Å²) in [6, 6.07) is 8.28. The van der Waals surface area contributed by atoms with Crippen LogP contribution >= 0.6 is 0 Å². The van der Waals surface area contributed by atoms with Crippen molar-refractivity contribution >= 4 is 17.4 Å². The lowest BCUT2D eigenvalue weighted by molar-refractivity contribution is -0.120. The van der Waals surface area contributed by atoms with E-state index in [0.29, 0.717) is 32.2 Å². The molecule has 3 rings (SSSR count). The molecule has 0 atom stereocenters. The van der Waals surface area contributed by atoms with Gasteiger partial charge in [0, 0.05) is 25.4 Å². The molecule has 0 spiro atoms. The molecule has 5 nitrogen and oxygen atoms in total. The maximum absolute atomic E-state index is 14.0. The highest BCUT2D eigenvalue weighted by Crippen LogP contribution is 2.40. The Morgan fingerprint density at radius 2 is 0.610 bits per heavy atom. The summed E-state index contributed by atoms with van der Waals surface area (Å²) in [5, 5.41) is 0. The number of rotatable bonds is 60. The SMILES string of the molecule is CCCCCCCCCCCCCCCCCCOCC(COCCCCCCCCCCCCCCCCCC)(COCCCCCCCCCCCCCCCCCC)COC1=CC=C2C(=Cc3ccccc32)C1=O. The minimum atomic E-state index is -0.517. The van der Waals surface area contributed by atoms with E-state index >= 15 is 0 Å². The van der Waals surface area contributed by atoms with Gasteiger partial charge in [0.25, 0.3) is 0 Å². The van der Waals surface area contributed by atoms with Crippen molar-refractivity contribution in [2.45, 2.75) is 329 Å². The van der Waals surface area contributed by atoms with Crippen LogP contribution in [0.2, 0.25) is 0 Å². The summed E-state index contributed by atoms with van der Waals surface area (Å²) in [6.45, 7) is 10.9. The molecule has 0 unspecified atom stereocenters. The molecular weight excluding hydrogens is 945 g/mol. The van der Waals surface area contributed by atoms with E-state index in [2.05, 4.69) is 39.0 Å². The fraction of sp³-hybridized carbons (Fsp3) is 0.819. The summed E-state index contributed by atoms with van der Waals surface area (Å²) >= 11 is 0. The molecule has 2 aliphatic rings. The largest absolute Gasteiger partial charge is 0.489 e. The second-order valence-electron chi connectivity index (χ2n) is 24.4. The molecule has 0 bridgehead atoms. The van der Waals surface area contributed by atoms with Gasteiger partial charge in [-0.25, -0.2) is 0 Å². The number of carbonyl (C=O) groups excluding carboxylic acids is 1. The zero-order chi connectivity index (χ0) is 54.6. The molecule has 0 fully saturated rings. The Bertz CT molecular complexity index is 1490. The van der Waals surface area contributed by atoms with Crippen LogP contribution < -0.4 is 0 Å². The van der Waals surface area contributed by atoms with Crippen molar-refractivity contribution in [3.63, 3.8) is 0 Å². The monoisotopic (exact) mass is 1070 g/mol. The van der Waals surface area contributed by atoms with E-state index in [-0.39, 0.29) is 5.78 Å². The molecular formula is C72H126O5. The summed E-state index contributed by atoms with van der Waals surface area (Å²) in [7, 11) is 0. The lowest BCUT2D eigenvalue weighted by Crippen LogP contribution is -2.42. The average molecular weight is 1070 g/mol. The molecule has 0 radical (unpaired) electrons. The number of unbranched alkanes of at least 4 members (excludes halogenated alkanes) is 45. The quantitative estimate of drug-likeness (QED) is 0.0609. The Balaban J connectivity index is 1.46. The molecule has 444 valence electrons. The Hall–Kier alpha value is -2.21. The second kappa shape index (κ2) is 50.7. The zero-order valence-electron chi connectivity index (χ0n) is 51.5. The number of ether oxygens (including phenoxy) is 4. The van der Waals surface area contributed by atoms with Gasteiger partial charge < -0.3 is 18.9 Å². The Morgan fingerprint density at radius 3 is 0.922 bits per heavy atom. The number of Topliss-reactive ketones (excluding diaryl/α,β-unsaturated/α-hetero) is 1. The van der Waals surface area contributed by atoms with Crippen molar-refractivity contribution < 1.29 is 23.7 Å². The van der Waals surface area contributed by atoms with Crippen LogP contribution in [0.3, 0.4) is 0 Å². The van der Waals surface area contributed by atoms with Crippen molar-refractivity contribution in [1.29, 1.82) is 0 Å². The molecule has 0 N–H and O–H groups in total. The Kier molecular flexibility index (Phi) is 45.5. The van der Waals surface area contributed by atoms with Crippen molar-refractivity contribution in [3.8, 4) is 0 Å². The molecule has 2 aliphatic carbocycles. The molecule has 0 heterocycles. The number of ketones is 1. The maximum Gasteiger partial charge on any atom is 0.228 e. The van der Waals surface area contributed by atoms with Crippen LogP contribution in [0, 0.1) is 5.41 Å². The topological polar surface area (TPSA) is 54.0 Å². The van der Waals surface area contributed by atoms with Gasteiger partial charge in [0.05, 0.1) is 25.2 Å². The van der Waals surface area contributed by atoms with Gasteiger partial charge in [-0.15, -0.1) is 0 Å². The van der Waals surface area contributed by atoms with Crippen LogP contribution in [0.15, 0.2) is 47.7 Å². The third-order valence-electron chi connectivity index (χ3n) is 16.9. The first-order chi connectivity index (χ1) is 38.1. The summed E-state index contributed by atoms with van der Waals surface area (Å²) in [4.78, 5) is 14.0. The third kappa shape index (κ3) is 36.0. The molecule has 0 amide bonds. The molecule has 0 aromatic heterocycles. The summed E-state index contributed by atoms with van der Waals surface area (Å²) in [5.41, 5.74) is 3.42. The van der Waals surface area contributed by atoms with Crippen LogP contribution in [0.25, 0.3) is 11.6 Å². The number of hydrogen-bond acceptors (Lipinski definition) is 5. The van der Waals surface area contributed by atoms with Crippen LogP contribution in [-0.2, 0) is 23.7 Å². The van der Waals surface area contributed by atoms with E-state index in [9.17, 15) is 4.79 Å². The molecule has 77 heavy (non-hydrogen) atoms. The van der Waals surface area contributed by atoms with E-state index in [1.165, 1.54) is 289 Å². The predicted molar refractivity (Wildman–Crippen MR) is 335 cm³/mol. The summed E-state index contributed by atoms with van der Waals surface area (Å²) in [6.07, 6.45) is 71.3. The van der Waals surface area contributed by atoms with Crippen molar-refractivity contribution in [1.82, 2.24) is 0 Å². The van der Waals surface area contributed by atoms with Crippen molar-refractivity contribution in [2.24, 2.45) is 5.41 Å². The number of allylic oxidation sites excluding steroid dienone is 4. The van der Waals surface area contributed by atoms with E-state index in [1.54, 1.807) is 0 Å². The van der Waals surface area contributed by atoms with Gasteiger partial charge in [-0.3, -0.25) is 4.79 Å². The molecule has 1 aromatic carbocycles. The average Bonchev–Trinajstić information content (AvgIpc) is 3.84. The van der Waals surface area contributed by atoms with E-state index in [4.69, 9.17) is 18.9 Å². The predicted octanol–water partition coefficient (Wildman–Crippen LogP) is 22.8. The first-order valence-corrected chi connectivity index (χ1v) is 34.3. The van der Waals surface area contributed by atoms with E-state index in [1.807, 2.05) is 24.3 Å². The normalized spacial score (nSPS) is 13.3. The Labute approximate surface area is 478 Å².